The van der Waals surface area contributed by atoms with Crippen molar-refractivity contribution in [3.63, 3.8) is 0 Å². The number of hydrogen-bond acceptors (Lipinski definition) is 8. The molecule has 9 nitrogen and oxygen atoms in total. The molecule has 2 atom stereocenters. The van der Waals surface area contributed by atoms with Crippen LogP contribution in [0.25, 0.3) is 0 Å². The van der Waals surface area contributed by atoms with Gasteiger partial charge in [0.2, 0.25) is 0 Å². The fourth-order valence-corrected chi connectivity index (χ4v) is 11.0. The van der Waals surface area contributed by atoms with E-state index in [-0.39, 0.29) is 32.0 Å². The van der Waals surface area contributed by atoms with Crippen LogP contribution >= 0.6 is 7.82 Å². The summed E-state index contributed by atoms with van der Waals surface area (Å²) in [5, 5.41) is 0. The molecule has 0 radical (unpaired) electrons. The number of unbranched alkanes of at least 4 members (excludes halogenated alkanes) is 40. The smallest absolute Gasteiger partial charge is 0.306 e. The van der Waals surface area contributed by atoms with Crippen LogP contribution in [0.1, 0.15) is 335 Å². The summed E-state index contributed by atoms with van der Waals surface area (Å²) >= 11 is 0. The van der Waals surface area contributed by atoms with Crippen LogP contribution in [0, 0.1) is 0 Å². The van der Waals surface area contributed by atoms with Gasteiger partial charge < -0.3 is 27.9 Å². The van der Waals surface area contributed by atoms with E-state index in [2.05, 4.69) is 86.8 Å². The maximum Gasteiger partial charge on any atom is 0.306 e. The van der Waals surface area contributed by atoms with E-state index >= 15 is 0 Å². The zero-order valence-electron chi connectivity index (χ0n) is 55.8. The molecule has 0 spiro atoms. The lowest BCUT2D eigenvalue weighted by Gasteiger charge is -2.28. The number of quaternary nitrogens is 1. The molecule has 490 valence electrons. The van der Waals surface area contributed by atoms with Gasteiger partial charge in [-0.05, 0) is 83.5 Å². The van der Waals surface area contributed by atoms with Crippen molar-refractivity contribution >= 4 is 19.8 Å². The van der Waals surface area contributed by atoms with Gasteiger partial charge >= 0.3 is 11.9 Å². The van der Waals surface area contributed by atoms with Gasteiger partial charge in [0.25, 0.3) is 7.82 Å². The molecule has 0 aliphatic rings. The zero-order chi connectivity index (χ0) is 61.2. The van der Waals surface area contributed by atoms with E-state index in [1.165, 1.54) is 238 Å². The summed E-state index contributed by atoms with van der Waals surface area (Å²) in [5.74, 6) is -0.820. The molecular weight excluding hydrogens is 1060 g/mol. The van der Waals surface area contributed by atoms with E-state index in [4.69, 9.17) is 18.5 Å². The van der Waals surface area contributed by atoms with Crippen molar-refractivity contribution in [2.45, 2.75) is 341 Å². The first kappa shape index (κ1) is 81.5. The van der Waals surface area contributed by atoms with Crippen LogP contribution in [0.15, 0.2) is 72.9 Å². The lowest BCUT2D eigenvalue weighted by Crippen LogP contribution is -2.37. The van der Waals surface area contributed by atoms with Gasteiger partial charge in [0.05, 0.1) is 27.7 Å². The second-order valence-corrected chi connectivity index (χ2v) is 26.6. The number of carbonyl (C=O) groups is 2. The number of allylic oxidation sites excluding steroid dienone is 12. The Morgan fingerprint density at radius 2 is 0.679 bits per heavy atom. The minimum atomic E-state index is -4.64. The Bertz CT molecular complexity index is 1650. The van der Waals surface area contributed by atoms with Gasteiger partial charge in [-0.15, -0.1) is 0 Å². The van der Waals surface area contributed by atoms with E-state index in [0.717, 1.165) is 64.2 Å². The maximum atomic E-state index is 12.9. The first-order valence-corrected chi connectivity index (χ1v) is 37.1. The summed E-state index contributed by atoms with van der Waals surface area (Å²) in [5.41, 5.74) is 0. The van der Waals surface area contributed by atoms with Crippen molar-refractivity contribution in [1.29, 1.82) is 0 Å². The van der Waals surface area contributed by atoms with Crippen molar-refractivity contribution in [2.24, 2.45) is 0 Å². The number of phosphoric ester groups is 1. The van der Waals surface area contributed by atoms with Gasteiger partial charge in [0.1, 0.15) is 19.8 Å². The summed E-state index contributed by atoms with van der Waals surface area (Å²) < 4.78 is 34.3. The SMILES string of the molecule is CC/C=C\C/C=C\C/C=C\C/C=C\C/C=C\CCCCCCCCCCCCCCCCCCCCCCCCCCCC(=O)OC(COC(=O)CCCCCCCCCCC/C=C\CCCCCCCC)COP(=O)([O-])OCC[N+](C)(C)C. The lowest BCUT2D eigenvalue weighted by atomic mass is 10.0. The van der Waals surface area contributed by atoms with E-state index < -0.39 is 26.5 Å². The van der Waals surface area contributed by atoms with Gasteiger partial charge in [-0.2, -0.15) is 0 Å². The summed E-state index contributed by atoms with van der Waals surface area (Å²) in [6, 6.07) is 0. The Kier molecular flexibility index (Phi) is 62.9. The van der Waals surface area contributed by atoms with Crippen molar-refractivity contribution in [2.75, 3.05) is 47.5 Å². The minimum Gasteiger partial charge on any atom is -0.756 e. The predicted octanol–water partition coefficient (Wildman–Crippen LogP) is 22.5. The van der Waals surface area contributed by atoms with Gasteiger partial charge in [0, 0.05) is 12.8 Å². The highest BCUT2D eigenvalue weighted by Crippen LogP contribution is 2.38. The topological polar surface area (TPSA) is 111 Å². The Hall–Kier alpha value is -2.55. The molecule has 0 fully saturated rings. The van der Waals surface area contributed by atoms with Gasteiger partial charge in [-0.3, -0.25) is 14.2 Å². The molecule has 0 amide bonds. The van der Waals surface area contributed by atoms with Crippen molar-refractivity contribution in [1.82, 2.24) is 0 Å². The monoisotopic (exact) mass is 1200 g/mol. The van der Waals surface area contributed by atoms with Gasteiger partial charge in [-0.1, -0.05) is 311 Å². The predicted molar refractivity (Wildman–Crippen MR) is 360 cm³/mol. The summed E-state index contributed by atoms with van der Waals surface area (Å²) in [7, 11) is 1.18. The van der Waals surface area contributed by atoms with Crippen LogP contribution < -0.4 is 4.89 Å². The van der Waals surface area contributed by atoms with Crippen LogP contribution in [-0.2, 0) is 32.7 Å². The maximum absolute atomic E-state index is 12.9. The van der Waals surface area contributed by atoms with Crippen LogP contribution in [0.5, 0.6) is 0 Å². The second-order valence-electron chi connectivity index (χ2n) is 25.2. The van der Waals surface area contributed by atoms with Crippen LogP contribution in [0.4, 0.5) is 0 Å². The number of likely N-dealkylation sites (N-methyl/N-ethyl adjacent to an activating group) is 1. The van der Waals surface area contributed by atoms with Crippen LogP contribution in [-0.4, -0.2) is 70.0 Å². The fourth-order valence-electron chi connectivity index (χ4n) is 10.3. The number of rotatable bonds is 66. The molecule has 0 aromatic rings. The van der Waals surface area contributed by atoms with E-state index in [1.807, 2.05) is 21.1 Å². The Morgan fingerprint density at radius 1 is 0.381 bits per heavy atom. The third-order valence-electron chi connectivity index (χ3n) is 15.7. The summed E-state index contributed by atoms with van der Waals surface area (Å²) in [6.07, 6.45) is 87.1. The quantitative estimate of drug-likeness (QED) is 0.0195. The highest BCUT2D eigenvalue weighted by atomic mass is 31.2. The molecule has 0 aliphatic carbocycles. The normalized spacial score (nSPS) is 13.5. The number of phosphoric acid groups is 1. The fraction of sp³-hybridized carbons (Fsp3) is 0.811. The van der Waals surface area contributed by atoms with E-state index in [1.54, 1.807) is 0 Å². The van der Waals surface area contributed by atoms with Gasteiger partial charge in [0.15, 0.2) is 6.10 Å². The van der Waals surface area contributed by atoms with Crippen LogP contribution in [0.3, 0.4) is 0 Å². The van der Waals surface area contributed by atoms with Crippen molar-refractivity contribution in [3.8, 4) is 0 Å². The number of ether oxygens (including phenoxy) is 2. The largest absolute Gasteiger partial charge is 0.756 e. The van der Waals surface area contributed by atoms with E-state index in [0.29, 0.717) is 17.4 Å². The molecule has 0 aliphatic heterocycles. The third kappa shape index (κ3) is 68.6. The summed E-state index contributed by atoms with van der Waals surface area (Å²) in [6.45, 7) is 4.17. The number of nitrogens with zero attached hydrogens (tertiary/aromatic N) is 1. The minimum absolute atomic E-state index is 0.0299. The Balaban J connectivity index is 3.90. The molecule has 0 saturated heterocycles. The van der Waals surface area contributed by atoms with E-state index in [9.17, 15) is 19.0 Å². The van der Waals surface area contributed by atoms with Crippen molar-refractivity contribution < 1.29 is 42.1 Å². The van der Waals surface area contributed by atoms with Crippen molar-refractivity contribution in [3.05, 3.63) is 72.9 Å². The summed E-state index contributed by atoms with van der Waals surface area (Å²) in [4.78, 5) is 38.0. The lowest BCUT2D eigenvalue weighted by molar-refractivity contribution is -0.870. The highest BCUT2D eigenvalue weighted by Gasteiger charge is 2.22. The second kappa shape index (κ2) is 64.9. The molecule has 84 heavy (non-hydrogen) atoms. The Morgan fingerprint density at radius 3 is 1.02 bits per heavy atom. The van der Waals surface area contributed by atoms with Crippen LogP contribution in [0.2, 0.25) is 0 Å². The zero-order valence-corrected chi connectivity index (χ0v) is 56.7. The molecule has 0 heterocycles. The average Bonchev–Trinajstić information content (AvgIpc) is 3.61. The molecule has 0 rings (SSSR count). The number of carbonyl (C=O) groups excluding carboxylic acids is 2. The Labute approximate surface area is 520 Å². The first-order chi connectivity index (χ1) is 41.0. The third-order valence-corrected chi connectivity index (χ3v) is 16.7. The first-order valence-electron chi connectivity index (χ1n) is 35.6. The van der Waals surface area contributed by atoms with Gasteiger partial charge in [-0.25, -0.2) is 0 Å². The molecule has 0 N–H and O–H groups in total. The standard InChI is InChI=1S/C74H136NO8P/c1-6-8-10-12-14-16-18-20-22-24-26-27-28-29-30-31-32-33-34-35-36-37-38-39-40-41-42-43-44-45-46-47-49-51-53-55-57-59-61-63-65-67-74(77)83-72(71-82-84(78,79)81-69-68-75(3,4)5)70-80-73(76)66-64-62-60-58-56-54-52-50-48-25-23-21-19-17-15-13-11-9-7-2/h8,10,14,16,20-23,26-27,29-30,72H,6-7,9,11-13,15,17-19,24-25,28,31-71H2,1-5H3/b10-8-,16-14-,22-20-,23-21-,27-26-,30-29-. The number of esters is 2. The molecule has 0 aromatic heterocycles. The molecule has 0 bridgehead atoms. The molecule has 0 saturated carbocycles. The molecule has 10 heteroatoms. The average molecular weight is 1200 g/mol. The molecular formula is C74H136NO8P. The highest BCUT2D eigenvalue weighted by molar-refractivity contribution is 7.45. The molecule has 2 unspecified atom stereocenters. The molecule has 0 aromatic carbocycles. The number of hydrogen-bond donors (Lipinski definition) is 0.